The van der Waals surface area contributed by atoms with Gasteiger partial charge in [0, 0.05) is 26.2 Å². The number of nitrogens with zero attached hydrogens (tertiary/aromatic N) is 2. The molecule has 1 fully saturated rings. The van der Waals surface area contributed by atoms with Gasteiger partial charge in [-0.15, -0.1) is 0 Å². The van der Waals surface area contributed by atoms with E-state index in [0.29, 0.717) is 23.8 Å². The maximum atomic E-state index is 12.9. The fraction of sp³-hybridized carbons (Fsp3) is 0.278. The van der Waals surface area contributed by atoms with Gasteiger partial charge in [0.05, 0.1) is 32.3 Å². The highest BCUT2D eigenvalue weighted by molar-refractivity contribution is 7.89. The number of rotatable bonds is 5. The molecule has 0 aromatic heterocycles. The van der Waals surface area contributed by atoms with Crippen molar-refractivity contribution >= 4 is 68.0 Å². The zero-order valence-corrected chi connectivity index (χ0v) is 18.9. The van der Waals surface area contributed by atoms with Crippen LogP contribution in [-0.2, 0) is 14.8 Å². The van der Waals surface area contributed by atoms with Crippen molar-refractivity contribution in [2.45, 2.75) is 4.90 Å². The van der Waals surface area contributed by atoms with Crippen LogP contribution in [0.5, 0.6) is 0 Å². The van der Waals surface area contributed by atoms with E-state index in [9.17, 15) is 13.2 Å². The Bertz CT molecular complexity index is 1030. The van der Waals surface area contributed by atoms with Crippen LogP contribution < -0.4 is 5.32 Å². The van der Waals surface area contributed by atoms with Gasteiger partial charge in [0.15, 0.2) is 0 Å². The Balaban J connectivity index is 1.59. The van der Waals surface area contributed by atoms with Gasteiger partial charge < -0.3 is 5.32 Å². The Kier molecular flexibility index (Phi) is 7.32. The summed E-state index contributed by atoms with van der Waals surface area (Å²) in [5.74, 6) is -0.261. The van der Waals surface area contributed by atoms with Gasteiger partial charge in [0.25, 0.3) is 0 Å². The largest absolute Gasteiger partial charge is 0.324 e. The molecule has 2 aromatic carbocycles. The molecule has 6 nitrogen and oxygen atoms in total. The number of nitrogens with one attached hydrogen (secondary N) is 1. The van der Waals surface area contributed by atoms with Crippen LogP contribution in [0.25, 0.3) is 0 Å². The van der Waals surface area contributed by atoms with Crippen molar-refractivity contribution in [2.75, 3.05) is 38.0 Å². The number of amides is 1. The van der Waals surface area contributed by atoms with Crippen LogP contribution in [-0.4, -0.2) is 56.3 Å². The van der Waals surface area contributed by atoms with E-state index < -0.39 is 10.0 Å². The lowest BCUT2D eigenvalue weighted by Crippen LogP contribution is -2.50. The number of piperazine rings is 1. The van der Waals surface area contributed by atoms with E-state index in [4.69, 9.17) is 46.4 Å². The number of hydrogen-bond acceptors (Lipinski definition) is 4. The number of anilines is 1. The molecule has 0 spiro atoms. The van der Waals surface area contributed by atoms with E-state index in [1.54, 1.807) is 24.3 Å². The van der Waals surface area contributed by atoms with Crippen molar-refractivity contribution in [2.24, 2.45) is 0 Å². The zero-order valence-electron chi connectivity index (χ0n) is 15.0. The van der Waals surface area contributed by atoms with Crippen molar-refractivity contribution < 1.29 is 13.2 Å². The molecule has 1 aliphatic heterocycles. The van der Waals surface area contributed by atoms with Gasteiger partial charge in [-0.25, -0.2) is 8.42 Å². The third kappa shape index (κ3) is 5.17. The molecule has 2 aromatic rings. The number of carbonyl (C=O) groups is 1. The summed E-state index contributed by atoms with van der Waals surface area (Å²) in [5, 5.41) is 3.53. The Morgan fingerprint density at radius 1 is 0.897 bits per heavy atom. The molecule has 0 unspecified atom stereocenters. The van der Waals surface area contributed by atoms with Gasteiger partial charge in [0.2, 0.25) is 15.9 Å². The molecule has 0 aliphatic carbocycles. The molecule has 11 heteroatoms. The molecule has 1 heterocycles. The van der Waals surface area contributed by atoms with Crippen molar-refractivity contribution in [1.29, 1.82) is 0 Å². The first-order valence-corrected chi connectivity index (χ1v) is 11.6. The van der Waals surface area contributed by atoms with Crippen LogP contribution in [0, 0.1) is 0 Å². The fourth-order valence-electron chi connectivity index (χ4n) is 2.94. The molecule has 1 amide bonds. The standard InChI is InChI=1S/C18H17Cl4N3O3S/c19-12-3-1-5-14(17(12)21)23-16(26)11-24-7-9-25(10-8-24)29(27,28)15-6-2-4-13(20)18(15)22/h1-6H,7-11H2,(H,23,26). The Morgan fingerprint density at radius 3 is 2.14 bits per heavy atom. The number of halogens is 4. The topological polar surface area (TPSA) is 69.7 Å². The monoisotopic (exact) mass is 495 g/mol. The molecule has 0 atom stereocenters. The molecule has 0 radical (unpaired) electrons. The second kappa shape index (κ2) is 9.39. The fourth-order valence-corrected chi connectivity index (χ4v) is 5.45. The summed E-state index contributed by atoms with van der Waals surface area (Å²) in [5.41, 5.74) is 0.431. The van der Waals surface area contributed by atoms with Gasteiger partial charge in [0.1, 0.15) is 4.90 Å². The third-order valence-electron chi connectivity index (χ3n) is 4.46. The summed E-state index contributed by atoms with van der Waals surface area (Å²) in [7, 11) is -3.77. The number of carbonyl (C=O) groups excluding carboxylic acids is 1. The average molecular weight is 497 g/mol. The molecule has 156 valence electrons. The lowest BCUT2D eigenvalue weighted by molar-refractivity contribution is -0.117. The molecule has 0 bridgehead atoms. The minimum absolute atomic E-state index is 0.00868. The van der Waals surface area contributed by atoms with Crippen LogP contribution in [0.2, 0.25) is 20.1 Å². The summed E-state index contributed by atoms with van der Waals surface area (Å²) >= 11 is 24.0. The van der Waals surface area contributed by atoms with Crippen molar-refractivity contribution in [1.82, 2.24) is 9.21 Å². The highest BCUT2D eigenvalue weighted by atomic mass is 35.5. The van der Waals surface area contributed by atoms with Gasteiger partial charge in [-0.3, -0.25) is 9.69 Å². The summed E-state index contributed by atoms with van der Waals surface area (Å²) in [4.78, 5) is 14.1. The zero-order chi connectivity index (χ0) is 21.2. The summed E-state index contributed by atoms with van der Waals surface area (Å²) in [6, 6.07) is 9.48. The second-order valence-electron chi connectivity index (χ2n) is 6.38. The van der Waals surface area contributed by atoms with E-state index in [-0.39, 0.29) is 45.5 Å². The maximum absolute atomic E-state index is 12.9. The van der Waals surface area contributed by atoms with Gasteiger partial charge in [-0.1, -0.05) is 58.5 Å². The minimum atomic E-state index is -3.77. The van der Waals surface area contributed by atoms with E-state index in [2.05, 4.69) is 5.32 Å². The normalized spacial score (nSPS) is 16.0. The van der Waals surface area contributed by atoms with Gasteiger partial charge in [-0.2, -0.15) is 4.31 Å². The summed E-state index contributed by atoms with van der Waals surface area (Å²) < 4.78 is 27.1. The predicted octanol–water partition coefficient (Wildman–Crippen LogP) is 4.25. The van der Waals surface area contributed by atoms with E-state index in [1.807, 2.05) is 4.90 Å². The molecule has 0 saturated carbocycles. The number of benzene rings is 2. The first-order valence-electron chi connectivity index (χ1n) is 8.60. The average Bonchev–Trinajstić information content (AvgIpc) is 2.68. The summed E-state index contributed by atoms with van der Waals surface area (Å²) in [6.45, 7) is 1.36. The summed E-state index contributed by atoms with van der Waals surface area (Å²) in [6.07, 6.45) is 0. The lowest BCUT2D eigenvalue weighted by atomic mass is 10.3. The van der Waals surface area contributed by atoms with Crippen LogP contribution in [0.4, 0.5) is 5.69 Å². The molecule has 3 rings (SSSR count). The maximum Gasteiger partial charge on any atom is 0.244 e. The Morgan fingerprint density at radius 2 is 1.48 bits per heavy atom. The van der Waals surface area contributed by atoms with E-state index >= 15 is 0 Å². The molecule has 1 N–H and O–H groups in total. The van der Waals surface area contributed by atoms with Crippen LogP contribution >= 0.6 is 46.4 Å². The Hall–Kier alpha value is -1.06. The molecule has 1 saturated heterocycles. The number of sulfonamides is 1. The lowest BCUT2D eigenvalue weighted by Gasteiger charge is -2.33. The Labute approximate surface area is 189 Å². The first-order chi connectivity index (χ1) is 13.7. The predicted molar refractivity (Wildman–Crippen MR) is 117 cm³/mol. The highest BCUT2D eigenvalue weighted by Crippen LogP contribution is 2.31. The second-order valence-corrected chi connectivity index (χ2v) is 9.86. The highest BCUT2D eigenvalue weighted by Gasteiger charge is 2.31. The molecular formula is C18H17Cl4N3O3S. The number of hydrogen-bond donors (Lipinski definition) is 1. The first kappa shape index (κ1) is 22.6. The van der Waals surface area contributed by atoms with Crippen molar-refractivity contribution in [3.05, 3.63) is 56.5 Å². The van der Waals surface area contributed by atoms with Gasteiger partial charge in [-0.05, 0) is 24.3 Å². The SMILES string of the molecule is O=C(CN1CCN(S(=O)(=O)c2cccc(Cl)c2Cl)CC1)Nc1cccc(Cl)c1Cl. The quantitative estimate of drug-likeness (QED) is 0.671. The minimum Gasteiger partial charge on any atom is -0.324 e. The molecular weight excluding hydrogens is 480 g/mol. The van der Waals surface area contributed by atoms with Crippen LogP contribution in [0.1, 0.15) is 0 Å². The van der Waals surface area contributed by atoms with Crippen LogP contribution in [0.15, 0.2) is 41.3 Å². The van der Waals surface area contributed by atoms with Crippen LogP contribution in [0.3, 0.4) is 0 Å². The van der Waals surface area contributed by atoms with Gasteiger partial charge >= 0.3 is 0 Å². The molecule has 29 heavy (non-hydrogen) atoms. The van der Waals surface area contributed by atoms with E-state index in [1.165, 1.54) is 16.4 Å². The molecule has 1 aliphatic rings. The smallest absolute Gasteiger partial charge is 0.244 e. The van der Waals surface area contributed by atoms with Crippen molar-refractivity contribution in [3.8, 4) is 0 Å². The van der Waals surface area contributed by atoms with Crippen molar-refractivity contribution in [3.63, 3.8) is 0 Å². The van der Waals surface area contributed by atoms with E-state index in [0.717, 1.165) is 0 Å². The third-order valence-corrected chi connectivity index (χ3v) is 8.15.